The Morgan fingerprint density at radius 2 is 2.41 bits per heavy atom. The lowest BCUT2D eigenvalue weighted by atomic mass is 10.2. The molecule has 0 bridgehead atoms. The molecule has 2 rings (SSSR count). The van der Waals surface area contributed by atoms with Crippen LogP contribution in [0.15, 0.2) is 6.20 Å². The van der Waals surface area contributed by atoms with Crippen LogP contribution >= 0.6 is 11.6 Å². The van der Waals surface area contributed by atoms with E-state index in [4.69, 9.17) is 16.3 Å². The number of alkyl halides is 1. The van der Waals surface area contributed by atoms with Crippen molar-refractivity contribution in [2.24, 2.45) is 0 Å². The van der Waals surface area contributed by atoms with Crippen molar-refractivity contribution in [3.05, 3.63) is 11.9 Å². The van der Waals surface area contributed by atoms with E-state index in [1.165, 1.54) is 0 Å². The van der Waals surface area contributed by atoms with Crippen LogP contribution < -0.4 is 0 Å². The molecular weight excluding hydrogens is 240 g/mol. The molecule has 5 nitrogen and oxygen atoms in total. The summed E-state index contributed by atoms with van der Waals surface area (Å²) < 4.78 is 7.55. The van der Waals surface area contributed by atoms with Crippen LogP contribution in [0.2, 0.25) is 0 Å². The van der Waals surface area contributed by atoms with Gasteiger partial charge in [-0.2, -0.15) is 0 Å². The SMILES string of the molecule is CC(C)N1CCOC(Cn2cc(CCl)nn2)C1. The van der Waals surface area contributed by atoms with Crippen molar-refractivity contribution in [3.8, 4) is 0 Å². The number of hydrogen-bond acceptors (Lipinski definition) is 4. The molecule has 0 saturated carbocycles. The molecule has 0 N–H and O–H groups in total. The van der Waals surface area contributed by atoms with Crippen LogP contribution in [-0.4, -0.2) is 51.7 Å². The highest BCUT2D eigenvalue weighted by molar-refractivity contribution is 6.16. The summed E-state index contributed by atoms with van der Waals surface area (Å²) in [6, 6.07) is 0.565. The number of hydrogen-bond donors (Lipinski definition) is 0. The van der Waals surface area contributed by atoms with Gasteiger partial charge in [-0.25, -0.2) is 4.68 Å². The van der Waals surface area contributed by atoms with Crippen LogP contribution in [-0.2, 0) is 17.2 Å². The predicted molar refractivity (Wildman–Crippen MR) is 66.0 cm³/mol. The summed E-state index contributed by atoms with van der Waals surface area (Å²) in [4.78, 5) is 2.42. The summed E-state index contributed by atoms with van der Waals surface area (Å²) >= 11 is 5.69. The van der Waals surface area contributed by atoms with E-state index in [1.54, 1.807) is 0 Å². The zero-order valence-corrected chi connectivity index (χ0v) is 11.1. The molecule has 1 aromatic heterocycles. The highest BCUT2D eigenvalue weighted by atomic mass is 35.5. The molecule has 1 aliphatic heterocycles. The monoisotopic (exact) mass is 258 g/mol. The molecule has 96 valence electrons. The Kier molecular flexibility index (Phi) is 4.36. The molecule has 1 unspecified atom stereocenters. The van der Waals surface area contributed by atoms with Crippen molar-refractivity contribution in [1.82, 2.24) is 19.9 Å². The fourth-order valence-electron chi connectivity index (χ4n) is 2.02. The minimum absolute atomic E-state index is 0.191. The number of nitrogens with zero attached hydrogens (tertiary/aromatic N) is 4. The summed E-state index contributed by atoms with van der Waals surface area (Å²) in [7, 11) is 0. The van der Waals surface area contributed by atoms with Gasteiger partial charge in [0.1, 0.15) is 0 Å². The van der Waals surface area contributed by atoms with Gasteiger partial charge in [0, 0.05) is 25.3 Å². The fraction of sp³-hybridized carbons (Fsp3) is 0.818. The van der Waals surface area contributed by atoms with E-state index >= 15 is 0 Å². The zero-order valence-electron chi connectivity index (χ0n) is 10.3. The van der Waals surface area contributed by atoms with Crippen LogP contribution in [0.5, 0.6) is 0 Å². The van der Waals surface area contributed by atoms with Gasteiger partial charge in [-0.3, -0.25) is 4.90 Å². The maximum atomic E-state index is 5.74. The van der Waals surface area contributed by atoms with E-state index in [2.05, 4.69) is 29.1 Å². The first-order chi connectivity index (χ1) is 8.19. The molecule has 1 aromatic rings. The van der Waals surface area contributed by atoms with E-state index in [9.17, 15) is 0 Å². The summed E-state index contributed by atoms with van der Waals surface area (Å²) in [5.41, 5.74) is 0.809. The van der Waals surface area contributed by atoms with Crippen molar-refractivity contribution in [2.75, 3.05) is 19.7 Å². The highest BCUT2D eigenvalue weighted by Crippen LogP contribution is 2.10. The number of rotatable bonds is 4. The molecular formula is C11H19ClN4O. The third kappa shape index (κ3) is 3.40. The van der Waals surface area contributed by atoms with Crippen LogP contribution in [0, 0.1) is 0 Å². The van der Waals surface area contributed by atoms with E-state index in [1.807, 2.05) is 10.9 Å². The smallest absolute Gasteiger partial charge is 0.0974 e. The van der Waals surface area contributed by atoms with E-state index in [0.29, 0.717) is 11.9 Å². The summed E-state index contributed by atoms with van der Waals surface area (Å²) in [6.45, 7) is 7.92. The number of ether oxygens (including phenoxy) is 1. The van der Waals surface area contributed by atoms with Gasteiger partial charge in [-0.05, 0) is 13.8 Å². The second-order valence-electron chi connectivity index (χ2n) is 4.65. The normalized spacial score (nSPS) is 22.2. The molecule has 1 atom stereocenters. The lowest BCUT2D eigenvalue weighted by Gasteiger charge is -2.35. The summed E-state index contributed by atoms with van der Waals surface area (Å²) in [5, 5.41) is 8.00. The average molecular weight is 259 g/mol. The molecule has 2 heterocycles. The Morgan fingerprint density at radius 1 is 1.59 bits per heavy atom. The Hall–Kier alpha value is -0.650. The topological polar surface area (TPSA) is 43.2 Å². The lowest BCUT2D eigenvalue weighted by Crippen LogP contribution is -2.47. The predicted octanol–water partition coefficient (Wildman–Crippen LogP) is 1.13. The molecule has 1 fully saturated rings. The first-order valence-corrected chi connectivity index (χ1v) is 6.53. The van der Waals surface area contributed by atoms with Crippen molar-refractivity contribution in [3.63, 3.8) is 0 Å². The molecule has 6 heteroatoms. The van der Waals surface area contributed by atoms with Crippen LogP contribution in [0.25, 0.3) is 0 Å². The molecule has 0 aliphatic carbocycles. The second kappa shape index (κ2) is 5.80. The van der Waals surface area contributed by atoms with Gasteiger partial charge >= 0.3 is 0 Å². The van der Waals surface area contributed by atoms with E-state index in [-0.39, 0.29) is 6.10 Å². The third-order valence-electron chi connectivity index (χ3n) is 3.01. The maximum Gasteiger partial charge on any atom is 0.0974 e. The Balaban J connectivity index is 1.90. The van der Waals surface area contributed by atoms with E-state index in [0.717, 1.165) is 31.9 Å². The van der Waals surface area contributed by atoms with Gasteiger partial charge in [-0.1, -0.05) is 5.21 Å². The maximum absolute atomic E-state index is 5.74. The van der Waals surface area contributed by atoms with Gasteiger partial charge in [0.15, 0.2) is 0 Å². The first kappa shape index (κ1) is 12.8. The van der Waals surface area contributed by atoms with Crippen LogP contribution in [0.1, 0.15) is 19.5 Å². The van der Waals surface area contributed by atoms with Gasteiger partial charge in [0.2, 0.25) is 0 Å². The summed E-state index contributed by atoms with van der Waals surface area (Å²) in [6.07, 6.45) is 2.07. The number of aromatic nitrogens is 3. The number of halogens is 1. The van der Waals surface area contributed by atoms with Gasteiger partial charge in [-0.15, -0.1) is 16.7 Å². The van der Waals surface area contributed by atoms with Crippen molar-refractivity contribution >= 4 is 11.6 Å². The molecule has 17 heavy (non-hydrogen) atoms. The van der Waals surface area contributed by atoms with Crippen molar-refractivity contribution < 1.29 is 4.74 Å². The lowest BCUT2D eigenvalue weighted by molar-refractivity contribution is -0.0471. The molecule has 1 saturated heterocycles. The fourth-order valence-corrected chi connectivity index (χ4v) is 2.14. The van der Waals surface area contributed by atoms with Crippen molar-refractivity contribution in [1.29, 1.82) is 0 Å². The Labute approximate surface area is 107 Å². The Bertz CT molecular complexity index is 355. The quantitative estimate of drug-likeness (QED) is 0.760. The first-order valence-electron chi connectivity index (χ1n) is 5.99. The summed E-state index contributed by atoms with van der Waals surface area (Å²) in [5.74, 6) is 0.406. The van der Waals surface area contributed by atoms with Crippen LogP contribution in [0.3, 0.4) is 0 Å². The molecule has 0 spiro atoms. The largest absolute Gasteiger partial charge is 0.374 e. The van der Waals surface area contributed by atoms with Crippen LogP contribution in [0.4, 0.5) is 0 Å². The average Bonchev–Trinajstić information content (AvgIpc) is 2.77. The second-order valence-corrected chi connectivity index (χ2v) is 4.91. The standard InChI is InChI=1S/C11H19ClN4O/c1-9(2)15-3-4-17-11(7-15)8-16-6-10(5-12)13-14-16/h6,9,11H,3-5,7-8H2,1-2H3. The van der Waals surface area contributed by atoms with Gasteiger partial charge in [0.25, 0.3) is 0 Å². The van der Waals surface area contributed by atoms with Gasteiger partial charge < -0.3 is 4.74 Å². The molecule has 1 aliphatic rings. The zero-order chi connectivity index (χ0) is 12.3. The van der Waals surface area contributed by atoms with Crippen molar-refractivity contribution in [2.45, 2.75) is 38.4 Å². The number of morpholine rings is 1. The molecule has 0 amide bonds. The minimum atomic E-state index is 0.191. The molecule has 0 radical (unpaired) electrons. The molecule has 0 aromatic carbocycles. The third-order valence-corrected chi connectivity index (χ3v) is 3.29. The van der Waals surface area contributed by atoms with E-state index < -0.39 is 0 Å². The highest BCUT2D eigenvalue weighted by Gasteiger charge is 2.22. The van der Waals surface area contributed by atoms with Gasteiger partial charge in [0.05, 0.1) is 30.8 Å². The minimum Gasteiger partial charge on any atom is -0.374 e. The Morgan fingerprint density at radius 3 is 3.06 bits per heavy atom.